The lowest BCUT2D eigenvalue weighted by atomic mass is 10.2. The summed E-state index contributed by atoms with van der Waals surface area (Å²) in [7, 11) is 0. The molecule has 1 aliphatic carbocycles. The Kier molecular flexibility index (Phi) is 4.31. The first-order valence-corrected chi connectivity index (χ1v) is 7.59. The number of pyridine rings is 1. The highest BCUT2D eigenvalue weighted by Crippen LogP contribution is 2.33. The number of nitrogens with zero attached hydrogens (tertiary/aromatic N) is 4. The summed E-state index contributed by atoms with van der Waals surface area (Å²) in [4.78, 5) is 23.3. The van der Waals surface area contributed by atoms with Crippen molar-refractivity contribution < 1.29 is 4.92 Å². The Balaban J connectivity index is 1.93. The average molecular weight is 314 g/mol. The van der Waals surface area contributed by atoms with Crippen LogP contribution in [0.5, 0.6) is 0 Å². The van der Waals surface area contributed by atoms with E-state index in [1.165, 1.54) is 6.33 Å². The molecule has 23 heavy (non-hydrogen) atoms. The third-order valence-electron chi connectivity index (χ3n) is 3.95. The molecule has 1 aliphatic rings. The molecule has 0 spiro atoms. The summed E-state index contributed by atoms with van der Waals surface area (Å²) >= 11 is 0. The molecule has 2 N–H and O–H groups in total. The minimum absolute atomic E-state index is 0.146. The lowest BCUT2D eigenvalue weighted by Crippen LogP contribution is -2.17. The van der Waals surface area contributed by atoms with Crippen LogP contribution in [0, 0.1) is 17.0 Å². The van der Waals surface area contributed by atoms with Crippen LogP contribution >= 0.6 is 0 Å². The summed E-state index contributed by atoms with van der Waals surface area (Å²) in [6, 6.07) is 3.91. The Morgan fingerprint density at radius 3 is 2.61 bits per heavy atom. The van der Waals surface area contributed by atoms with Gasteiger partial charge in [-0.15, -0.1) is 0 Å². The number of nitro groups is 1. The van der Waals surface area contributed by atoms with Crippen LogP contribution < -0.4 is 10.6 Å². The standard InChI is InChI=1S/C15H18N6O2/c1-10-5-4-8-16-13(10)20-15-12(21(22)23)14(17-9-18-15)19-11-6-2-3-7-11/h4-5,8-9,11H,2-3,6-7H2,1H3,(H2,16,17,18,19,20). The molecule has 120 valence electrons. The van der Waals surface area contributed by atoms with Crippen LogP contribution in [0.15, 0.2) is 24.7 Å². The second kappa shape index (κ2) is 6.55. The van der Waals surface area contributed by atoms with Gasteiger partial charge in [0.2, 0.25) is 11.6 Å². The van der Waals surface area contributed by atoms with E-state index in [0.717, 1.165) is 31.2 Å². The summed E-state index contributed by atoms with van der Waals surface area (Å²) in [6.45, 7) is 1.88. The summed E-state index contributed by atoms with van der Waals surface area (Å²) in [5, 5.41) is 17.6. The van der Waals surface area contributed by atoms with E-state index in [1.807, 2.05) is 19.1 Å². The Bertz CT molecular complexity index is 715. The fourth-order valence-corrected chi connectivity index (χ4v) is 2.74. The Labute approximate surface area is 133 Å². The minimum atomic E-state index is -0.460. The van der Waals surface area contributed by atoms with Crippen molar-refractivity contribution >= 4 is 23.1 Å². The monoisotopic (exact) mass is 314 g/mol. The molecule has 0 aromatic carbocycles. The van der Waals surface area contributed by atoms with E-state index in [9.17, 15) is 10.1 Å². The van der Waals surface area contributed by atoms with E-state index in [4.69, 9.17) is 0 Å². The number of hydrogen-bond acceptors (Lipinski definition) is 7. The SMILES string of the molecule is Cc1cccnc1Nc1ncnc(NC2CCCC2)c1[N+](=O)[O-]. The van der Waals surface area contributed by atoms with Crippen molar-refractivity contribution in [2.24, 2.45) is 0 Å². The third-order valence-corrected chi connectivity index (χ3v) is 3.95. The molecule has 0 atom stereocenters. The van der Waals surface area contributed by atoms with Crippen LogP contribution in [0.1, 0.15) is 31.2 Å². The molecule has 0 amide bonds. The molecule has 0 saturated heterocycles. The van der Waals surface area contributed by atoms with Gasteiger partial charge in [0.25, 0.3) is 0 Å². The van der Waals surface area contributed by atoms with Crippen molar-refractivity contribution in [1.29, 1.82) is 0 Å². The predicted octanol–water partition coefficient (Wildman–Crippen LogP) is 3.19. The predicted molar refractivity (Wildman–Crippen MR) is 86.8 cm³/mol. The first-order valence-electron chi connectivity index (χ1n) is 7.59. The van der Waals surface area contributed by atoms with Crippen molar-refractivity contribution in [2.75, 3.05) is 10.6 Å². The Morgan fingerprint density at radius 1 is 1.17 bits per heavy atom. The van der Waals surface area contributed by atoms with Gasteiger partial charge in [0.15, 0.2) is 0 Å². The van der Waals surface area contributed by atoms with Gasteiger partial charge in [0.05, 0.1) is 4.92 Å². The van der Waals surface area contributed by atoms with E-state index >= 15 is 0 Å². The smallest absolute Gasteiger partial charge is 0.353 e. The number of anilines is 3. The second-order valence-electron chi connectivity index (χ2n) is 5.60. The fraction of sp³-hybridized carbons (Fsp3) is 0.400. The molecular formula is C15H18N6O2. The van der Waals surface area contributed by atoms with Crippen LogP contribution in [-0.4, -0.2) is 25.9 Å². The number of hydrogen-bond donors (Lipinski definition) is 2. The molecular weight excluding hydrogens is 296 g/mol. The average Bonchev–Trinajstić information content (AvgIpc) is 3.02. The maximum absolute atomic E-state index is 11.5. The highest BCUT2D eigenvalue weighted by Gasteiger charge is 2.26. The van der Waals surface area contributed by atoms with Crippen LogP contribution in [0.2, 0.25) is 0 Å². The zero-order valence-corrected chi connectivity index (χ0v) is 12.8. The van der Waals surface area contributed by atoms with Gasteiger partial charge in [0, 0.05) is 12.2 Å². The number of aryl methyl sites for hydroxylation is 1. The van der Waals surface area contributed by atoms with Gasteiger partial charge in [-0.05, 0) is 31.4 Å². The maximum atomic E-state index is 11.5. The Morgan fingerprint density at radius 2 is 1.91 bits per heavy atom. The van der Waals surface area contributed by atoms with Crippen LogP contribution in [0.4, 0.5) is 23.1 Å². The fourth-order valence-electron chi connectivity index (χ4n) is 2.74. The normalized spacial score (nSPS) is 14.7. The topological polar surface area (TPSA) is 106 Å². The van der Waals surface area contributed by atoms with Crippen molar-refractivity contribution in [2.45, 2.75) is 38.6 Å². The molecule has 2 aromatic heterocycles. The summed E-state index contributed by atoms with van der Waals surface area (Å²) < 4.78 is 0. The van der Waals surface area contributed by atoms with Gasteiger partial charge >= 0.3 is 5.69 Å². The van der Waals surface area contributed by atoms with Crippen molar-refractivity contribution in [1.82, 2.24) is 15.0 Å². The van der Waals surface area contributed by atoms with Crippen molar-refractivity contribution in [3.05, 3.63) is 40.3 Å². The third kappa shape index (κ3) is 3.36. The van der Waals surface area contributed by atoms with E-state index < -0.39 is 4.92 Å². The molecule has 0 aliphatic heterocycles. The van der Waals surface area contributed by atoms with E-state index in [2.05, 4.69) is 25.6 Å². The number of aromatic nitrogens is 3. The van der Waals surface area contributed by atoms with Gasteiger partial charge in [0.1, 0.15) is 12.1 Å². The van der Waals surface area contributed by atoms with Gasteiger partial charge < -0.3 is 10.6 Å². The van der Waals surface area contributed by atoms with Crippen molar-refractivity contribution in [3.63, 3.8) is 0 Å². The number of nitrogens with one attached hydrogen (secondary N) is 2. The van der Waals surface area contributed by atoms with Gasteiger partial charge in [-0.3, -0.25) is 10.1 Å². The highest BCUT2D eigenvalue weighted by atomic mass is 16.6. The zero-order valence-electron chi connectivity index (χ0n) is 12.8. The van der Waals surface area contributed by atoms with E-state index in [1.54, 1.807) is 6.20 Å². The molecule has 0 bridgehead atoms. The molecule has 1 saturated carbocycles. The molecule has 3 rings (SSSR count). The van der Waals surface area contributed by atoms with Crippen LogP contribution in [-0.2, 0) is 0 Å². The molecule has 8 nitrogen and oxygen atoms in total. The van der Waals surface area contributed by atoms with Crippen molar-refractivity contribution in [3.8, 4) is 0 Å². The van der Waals surface area contributed by atoms with Crippen LogP contribution in [0.3, 0.4) is 0 Å². The summed E-state index contributed by atoms with van der Waals surface area (Å²) in [6.07, 6.45) is 7.22. The molecule has 2 heterocycles. The minimum Gasteiger partial charge on any atom is -0.361 e. The molecule has 0 unspecified atom stereocenters. The quantitative estimate of drug-likeness (QED) is 0.644. The summed E-state index contributed by atoms with van der Waals surface area (Å²) in [5.41, 5.74) is 0.732. The summed E-state index contributed by atoms with van der Waals surface area (Å²) in [5.74, 6) is 0.946. The first-order chi connectivity index (χ1) is 11.1. The zero-order chi connectivity index (χ0) is 16.2. The largest absolute Gasteiger partial charge is 0.361 e. The van der Waals surface area contributed by atoms with Crippen LogP contribution in [0.25, 0.3) is 0 Å². The second-order valence-corrected chi connectivity index (χ2v) is 5.60. The van der Waals surface area contributed by atoms with E-state index in [0.29, 0.717) is 5.82 Å². The number of rotatable bonds is 5. The van der Waals surface area contributed by atoms with Gasteiger partial charge in [-0.1, -0.05) is 18.9 Å². The van der Waals surface area contributed by atoms with Gasteiger partial charge in [-0.25, -0.2) is 15.0 Å². The lowest BCUT2D eigenvalue weighted by molar-refractivity contribution is -0.383. The molecule has 1 fully saturated rings. The Hall–Kier alpha value is -2.77. The first kappa shape index (κ1) is 15.1. The molecule has 2 aromatic rings. The lowest BCUT2D eigenvalue weighted by Gasteiger charge is -2.14. The molecule has 8 heteroatoms. The maximum Gasteiger partial charge on any atom is 0.353 e. The highest BCUT2D eigenvalue weighted by molar-refractivity contribution is 5.73. The van der Waals surface area contributed by atoms with E-state index in [-0.39, 0.29) is 23.4 Å². The molecule has 0 radical (unpaired) electrons. The van der Waals surface area contributed by atoms with Gasteiger partial charge in [-0.2, -0.15) is 0 Å².